The molecule has 0 spiro atoms. The number of rotatable bonds is 8. The summed E-state index contributed by atoms with van der Waals surface area (Å²) in [6, 6.07) is 18.8. The molecule has 0 aliphatic rings. The Labute approximate surface area is 133 Å². The molecule has 0 aliphatic heterocycles. The van der Waals surface area contributed by atoms with Crippen LogP contribution < -0.4 is 10.1 Å². The van der Waals surface area contributed by atoms with Crippen LogP contribution in [0, 0.1) is 0 Å². The Morgan fingerprint density at radius 1 is 0.952 bits per heavy atom. The molecule has 0 atom stereocenters. The molecule has 112 valence electrons. The highest BCUT2D eigenvalue weighted by atomic mass is 35.5. The van der Waals surface area contributed by atoms with Crippen molar-refractivity contribution in [3.63, 3.8) is 0 Å². The monoisotopic (exact) mass is 303 g/mol. The van der Waals surface area contributed by atoms with Gasteiger partial charge >= 0.3 is 0 Å². The van der Waals surface area contributed by atoms with Crippen molar-refractivity contribution in [3.8, 4) is 5.75 Å². The molecule has 0 saturated carbocycles. The van der Waals surface area contributed by atoms with E-state index in [2.05, 4.69) is 48.3 Å². The van der Waals surface area contributed by atoms with Crippen LogP contribution in [0.3, 0.4) is 0 Å². The van der Waals surface area contributed by atoms with Gasteiger partial charge in [0.05, 0.1) is 0 Å². The summed E-state index contributed by atoms with van der Waals surface area (Å²) in [5.41, 5.74) is 2.63. The second-order valence-electron chi connectivity index (χ2n) is 4.65. The first-order chi connectivity index (χ1) is 9.88. The average molecular weight is 304 g/mol. The summed E-state index contributed by atoms with van der Waals surface area (Å²) in [4.78, 5) is 0. The third kappa shape index (κ3) is 6.48. The number of nitrogens with one attached hydrogen (secondary N) is 1. The molecule has 0 aliphatic carbocycles. The van der Waals surface area contributed by atoms with Gasteiger partial charge in [-0.1, -0.05) is 48.5 Å². The molecule has 2 aromatic rings. The smallest absolute Gasteiger partial charge is 0.119 e. The van der Waals surface area contributed by atoms with Crippen LogP contribution in [0.15, 0.2) is 67.3 Å². The predicted molar refractivity (Wildman–Crippen MR) is 91.5 cm³/mol. The van der Waals surface area contributed by atoms with E-state index in [0.29, 0.717) is 6.61 Å². The summed E-state index contributed by atoms with van der Waals surface area (Å²) in [5, 5.41) is 3.21. The van der Waals surface area contributed by atoms with Gasteiger partial charge in [0, 0.05) is 13.1 Å². The normalized spacial score (nSPS) is 9.71. The van der Waals surface area contributed by atoms with E-state index in [1.165, 1.54) is 11.1 Å². The van der Waals surface area contributed by atoms with E-state index in [4.69, 9.17) is 4.74 Å². The maximum Gasteiger partial charge on any atom is 0.119 e. The molecule has 3 heteroatoms. The van der Waals surface area contributed by atoms with Crippen LogP contribution >= 0.6 is 12.4 Å². The minimum atomic E-state index is 0. The molecule has 21 heavy (non-hydrogen) atoms. The molecule has 0 fully saturated rings. The van der Waals surface area contributed by atoms with Crippen LogP contribution in [-0.2, 0) is 6.42 Å². The number of halogens is 1. The second-order valence-corrected chi connectivity index (χ2v) is 4.65. The van der Waals surface area contributed by atoms with E-state index < -0.39 is 0 Å². The number of benzene rings is 2. The van der Waals surface area contributed by atoms with Gasteiger partial charge in [0.2, 0.25) is 0 Å². The standard InChI is InChI=1S/C18H21NO.ClH/c1-2-12-19-13-14-20-18-10-8-17(9-11-18)15-16-6-4-3-5-7-16;/h2-11,19H,1,12-15H2;1H. The molecule has 2 rings (SSSR count). The summed E-state index contributed by atoms with van der Waals surface area (Å²) >= 11 is 0. The third-order valence-electron chi connectivity index (χ3n) is 3.01. The summed E-state index contributed by atoms with van der Waals surface area (Å²) in [7, 11) is 0. The highest BCUT2D eigenvalue weighted by Crippen LogP contribution is 2.15. The van der Waals surface area contributed by atoms with Gasteiger partial charge in [0.25, 0.3) is 0 Å². The largest absolute Gasteiger partial charge is 0.492 e. The van der Waals surface area contributed by atoms with Crippen LogP contribution in [0.4, 0.5) is 0 Å². The zero-order valence-corrected chi connectivity index (χ0v) is 12.9. The van der Waals surface area contributed by atoms with Crippen molar-refractivity contribution in [1.82, 2.24) is 5.32 Å². The summed E-state index contributed by atoms with van der Waals surface area (Å²) in [5.74, 6) is 0.919. The van der Waals surface area contributed by atoms with E-state index in [1.54, 1.807) is 0 Å². The van der Waals surface area contributed by atoms with Crippen molar-refractivity contribution in [2.45, 2.75) is 6.42 Å². The Morgan fingerprint density at radius 3 is 2.29 bits per heavy atom. The van der Waals surface area contributed by atoms with Gasteiger partial charge in [0.1, 0.15) is 12.4 Å². The fraction of sp³-hybridized carbons (Fsp3) is 0.222. The lowest BCUT2D eigenvalue weighted by molar-refractivity contribution is 0.316. The van der Waals surface area contributed by atoms with Gasteiger partial charge in [-0.15, -0.1) is 19.0 Å². The van der Waals surface area contributed by atoms with Gasteiger partial charge < -0.3 is 10.1 Å². The van der Waals surface area contributed by atoms with Crippen molar-refractivity contribution in [2.75, 3.05) is 19.7 Å². The van der Waals surface area contributed by atoms with Gasteiger partial charge in [-0.25, -0.2) is 0 Å². The van der Waals surface area contributed by atoms with Gasteiger partial charge in [0.15, 0.2) is 0 Å². The first kappa shape index (κ1) is 17.3. The third-order valence-corrected chi connectivity index (χ3v) is 3.01. The lowest BCUT2D eigenvalue weighted by Gasteiger charge is -2.07. The van der Waals surface area contributed by atoms with Crippen molar-refractivity contribution in [2.24, 2.45) is 0 Å². The maximum atomic E-state index is 5.66. The molecule has 2 aromatic carbocycles. The molecule has 1 N–H and O–H groups in total. The van der Waals surface area contributed by atoms with Gasteiger partial charge in [-0.3, -0.25) is 0 Å². The van der Waals surface area contributed by atoms with Gasteiger partial charge in [-0.05, 0) is 29.7 Å². The first-order valence-electron chi connectivity index (χ1n) is 6.96. The Morgan fingerprint density at radius 2 is 1.62 bits per heavy atom. The fourth-order valence-corrected chi connectivity index (χ4v) is 1.98. The molecular weight excluding hydrogens is 282 g/mol. The highest BCUT2D eigenvalue weighted by molar-refractivity contribution is 5.85. The lowest BCUT2D eigenvalue weighted by Crippen LogP contribution is -2.20. The summed E-state index contributed by atoms with van der Waals surface area (Å²) < 4.78 is 5.66. The number of hydrogen-bond acceptors (Lipinski definition) is 2. The van der Waals surface area contributed by atoms with Crippen LogP contribution in [0.25, 0.3) is 0 Å². The first-order valence-corrected chi connectivity index (χ1v) is 6.96. The van der Waals surface area contributed by atoms with E-state index in [-0.39, 0.29) is 12.4 Å². The molecular formula is C18H22ClNO. The second kappa shape index (κ2) is 10.0. The van der Waals surface area contributed by atoms with Crippen molar-refractivity contribution in [1.29, 1.82) is 0 Å². The average Bonchev–Trinajstić information content (AvgIpc) is 2.50. The molecule has 0 amide bonds. The molecule has 0 saturated heterocycles. The van der Waals surface area contributed by atoms with E-state index in [1.807, 2.05) is 24.3 Å². The lowest BCUT2D eigenvalue weighted by atomic mass is 10.1. The zero-order valence-electron chi connectivity index (χ0n) is 12.1. The Hall–Kier alpha value is -1.77. The Bertz CT molecular complexity index is 511. The Balaban J connectivity index is 0.00000220. The molecule has 0 aromatic heterocycles. The highest BCUT2D eigenvalue weighted by Gasteiger charge is 1.97. The maximum absolute atomic E-state index is 5.66. The molecule has 0 heterocycles. The minimum Gasteiger partial charge on any atom is -0.492 e. The zero-order chi connectivity index (χ0) is 14.0. The molecule has 0 bridgehead atoms. The van der Waals surface area contributed by atoms with Crippen molar-refractivity contribution in [3.05, 3.63) is 78.4 Å². The van der Waals surface area contributed by atoms with Gasteiger partial charge in [-0.2, -0.15) is 0 Å². The number of ether oxygens (including phenoxy) is 1. The quantitative estimate of drug-likeness (QED) is 0.591. The summed E-state index contributed by atoms with van der Waals surface area (Å²) in [6.45, 7) is 5.98. The van der Waals surface area contributed by atoms with Crippen molar-refractivity contribution < 1.29 is 4.74 Å². The Kier molecular flexibility index (Phi) is 8.25. The minimum absolute atomic E-state index is 0. The van der Waals surface area contributed by atoms with E-state index in [0.717, 1.165) is 25.3 Å². The van der Waals surface area contributed by atoms with Crippen LogP contribution in [0.2, 0.25) is 0 Å². The summed E-state index contributed by atoms with van der Waals surface area (Å²) in [6.07, 6.45) is 2.81. The van der Waals surface area contributed by atoms with Crippen LogP contribution in [0.1, 0.15) is 11.1 Å². The van der Waals surface area contributed by atoms with E-state index in [9.17, 15) is 0 Å². The van der Waals surface area contributed by atoms with Crippen LogP contribution in [-0.4, -0.2) is 19.7 Å². The van der Waals surface area contributed by atoms with E-state index >= 15 is 0 Å². The fourth-order valence-electron chi connectivity index (χ4n) is 1.98. The van der Waals surface area contributed by atoms with Crippen LogP contribution in [0.5, 0.6) is 5.75 Å². The SMILES string of the molecule is C=CCNCCOc1ccc(Cc2ccccc2)cc1.Cl. The predicted octanol–water partition coefficient (Wildman–Crippen LogP) is 3.85. The molecule has 2 nitrogen and oxygen atoms in total. The molecule has 0 radical (unpaired) electrons. The topological polar surface area (TPSA) is 21.3 Å². The number of hydrogen-bond donors (Lipinski definition) is 1. The molecule has 0 unspecified atom stereocenters. The van der Waals surface area contributed by atoms with Crippen molar-refractivity contribution >= 4 is 12.4 Å².